The van der Waals surface area contributed by atoms with Gasteiger partial charge in [0.2, 0.25) is 0 Å². The Kier molecular flexibility index (Phi) is 5.83. The normalized spacial score (nSPS) is 15.5. The van der Waals surface area contributed by atoms with Gasteiger partial charge in [0, 0.05) is 30.7 Å². The quantitative estimate of drug-likeness (QED) is 0.841. The Hall–Kier alpha value is -1.21. The van der Waals surface area contributed by atoms with E-state index in [4.69, 9.17) is 4.74 Å². The molecule has 1 saturated heterocycles. The summed E-state index contributed by atoms with van der Waals surface area (Å²) in [6, 6.07) is 9.93. The van der Waals surface area contributed by atoms with Gasteiger partial charge in [0.05, 0.1) is 22.6 Å². The van der Waals surface area contributed by atoms with Gasteiger partial charge in [-0.3, -0.25) is 9.69 Å². The van der Waals surface area contributed by atoms with E-state index in [2.05, 4.69) is 38.3 Å². The smallest absolute Gasteiger partial charge is 0.256 e. The monoisotopic (exact) mass is 394 g/mol. The average molecular weight is 395 g/mol. The molecule has 0 radical (unpaired) electrons. The van der Waals surface area contributed by atoms with E-state index < -0.39 is 0 Å². The number of carbonyl (C=O) groups excluding carboxylic acids is 1. The van der Waals surface area contributed by atoms with Crippen molar-refractivity contribution in [3.8, 4) is 0 Å². The van der Waals surface area contributed by atoms with E-state index in [1.54, 1.807) is 0 Å². The molecule has 1 amide bonds. The Labute approximate surface area is 148 Å². The molecule has 0 saturated carbocycles. The summed E-state index contributed by atoms with van der Waals surface area (Å²) in [5.41, 5.74) is 2.79. The summed E-state index contributed by atoms with van der Waals surface area (Å²) in [6.07, 6.45) is 1.02. The highest BCUT2D eigenvalue weighted by Gasteiger charge is 2.10. The van der Waals surface area contributed by atoms with Gasteiger partial charge in [-0.25, -0.2) is 0 Å². The first-order valence-corrected chi connectivity index (χ1v) is 9.32. The van der Waals surface area contributed by atoms with Crippen molar-refractivity contribution in [2.45, 2.75) is 6.42 Å². The Morgan fingerprint density at radius 2 is 2.00 bits per heavy atom. The van der Waals surface area contributed by atoms with Gasteiger partial charge >= 0.3 is 0 Å². The highest BCUT2D eigenvalue weighted by Crippen LogP contribution is 2.21. The predicted octanol–water partition coefficient (Wildman–Crippen LogP) is 3.64. The second-order valence-corrected chi connectivity index (χ2v) is 7.79. The Balaban J connectivity index is 1.51. The molecule has 0 aliphatic carbocycles. The van der Waals surface area contributed by atoms with Crippen molar-refractivity contribution in [2.24, 2.45) is 0 Å². The van der Waals surface area contributed by atoms with Crippen molar-refractivity contribution in [1.29, 1.82) is 0 Å². The molecule has 1 aliphatic heterocycles. The van der Waals surface area contributed by atoms with Crippen LogP contribution in [0, 0.1) is 0 Å². The maximum absolute atomic E-state index is 12.1. The highest BCUT2D eigenvalue weighted by molar-refractivity contribution is 9.11. The number of benzene rings is 1. The molecular formula is C17H19BrN2O2S. The third-order valence-electron chi connectivity index (χ3n) is 3.86. The number of rotatable bonds is 5. The van der Waals surface area contributed by atoms with Crippen LogP contribution in [0.15, 0.2) is 39.5 Å². The number of thiophene rings is 1. The van der Waals surface area contributed by atoms with E-state index in [0.29, 0.717) is 5.56 Å². The zero-order valence-electron chi connectivity index (χ0n) is 12.8. The number of anilines is 1. The molecule has 2 aromatic rings. The molecule has 0 spiro atoms. The first kappa shape index (κ1) is 16.6. The van der Waals surface area contributed by atoms with Crippen molar-refractivity contribution in [1.82, 2.24) is 4.90 Å². The van der Waals surface area contributed by atoms with Gasteiger partial charge in [-0.05, 0) is 46.1 Å². The topological polar surface area (TPSA) is 41.6 Å². The van der Waals surface area contributed by atoms with E-state index in [1.165, 1.54) is 16.9 Å². The lowest BCUT2D eigenvalue weighted by Crippen LogP contribution is -2.37. The molecule has 0 atom stereocenters. The second kappa shape index (κ2) is 8.06. The van der Waals surface area contributed by atoms with Crippen molar-refractivity contribution < 1.29 is 9.53 Å². The van der Waals surface area contributed by atoms with E-state index in [9.17, 15) is 4.79 Å². The summed E-state index contributed by atoms with van der Waals surface area (Å²) in [5.74, 6) is -0.0759. The molecule has 1 fully saturated rings. The number of ether oxygens (including phenoxy) is 1. The van der Waals surface area contributed by atoms with Gasteiger partial charge < -0.3 is 10.1 Å². The lowest BCUT2D eigenvalue weighted by Gasteiger charge is -2.26. The molecule has 0 bridgehead atoms. The number of halogens is 1. The average Bonchev–Trinajstić information content (AvgIpc) is 3.02. The molecule has 1 aromatic carbocycles. The summed E-state index contributed by atoms with van der Waals surface area (Å²) >= 11 is 4.88. The van der Waals surface area contributed by atoms with Gasteiger partial charge in [0.25, 0.3) is 5.91 Å². The van der Waals surface area contributed by atoms with E-state index in [0.717, 1.165) is 48.7 Å². The van der Waals surface area contributed by atoms with Crippen LogP contribution < -0.4 is 5.32 Å². The predicted molar refractivity (Wildman–Crippen MR) is 97.4 cm³/mol. The van der Waals surface area contributed by atoms with Gasteiger partial charge in [-0.1, -0.05) is 12.1 Å². The fourth-order valence-corrected chi connectivity index (χ4v) is 3.64. The van der Waals surface area contributed by atoms with Crippen LogP contribution in [0.4, 0.5) is 5.69 Å². The number of nitrogens with zero attached hydrogens (tertiary/aromatic N) is 1. The third-order valence-corrected chi connectivity index (χ3v) is 5.37. The van der Waals surface area contributed by atoms with Crippen LogP contribution >= 0.6 is 27.3 Å². The van der Waals surface area contributed by atoms with Crippen LogP contribution in [-0.2, 0) is 11.2 Å². The fraction of sp³-hybridized carbons (Fsp3) is 0.353. The van der Waals surface area contributed by atoms with Gasteiger partial charge in [-0.15, -0.1) is 11.3 Å². The summed E-state index contributed by atoms with van der Waals surface area (Å²) in [7, 11) is 0. The van der Waals surface area contributed by atoms with E-state index in [-0.39, 0.29) is 5.91 Å². The second-order valence-electron chi connectivity index (χ2n) is 5.49. The minimum Gasteiger partial charge on any atom is -0.379 e. The Morgan fingerprint density at radius 1 is 1.26 bits per heavy atom. The van der Waals surface area contributed by atoms with Crippen LogP contribution in [0.3, 0.4) is 0 Å². The van der Waals surface area contributed by atoms with Crippen LogP contribution in [0.5, 0.6) is 0 Å². The SMILES string of the molecule is O=C(Nc1ccc(CCN2CCOCC2)cc1)c1csc(Br)c1. The van der Waals surface area contributed by atoms with Gasteiger partial charge in [0.15, 0.2) is 0 Å². The summed E-state index contributed by atoms with van der Waals surface area (Å²) in [6.45, 7) is 4.76. The van der Waals surface area contributed by atoms with Crippen molar-refractivity contribution in [2.75, 3.05) is 38.2 Å². The number of nitrogens with one attached hydrogen (secondary N) is 1. The van der Waals surface area contributed by atoms with Gasteiger partial charge in [0.1, 0.15) is 0 Å². The molecule has 3 rings (SSSR count). The molecule has 1 aromatic heterocycles. The minimum atomic E-state index is -0.0759. The Bertz CT molecular complexity index is 651. The lowest BCUT2D eigenvalue weighted by molar-refractivity contribution is 0.0384. The molecule has 1 aliphatic rings. The summed E-state index contributed by atoms with van der Waals surface area (Å²) in [5, 5.41) is 4.77. The maximum Gasteiger partial charge on any atom is 0.256 e. The standard InChI is InChI=1S/C17H19BrN2O2S/c18-16-11-14(12-23-16)17(21)19-15-3-1-13(2-4-15)5-6-20-7-9-22-10-8-20/h1-4,11-12H,5-10H2,(H,19,21). The number of morpholine rings is 1. The first-order chi connectivity index (χ1) is 11.2. The lowest BCUT2D eigenvalue weighted by atomic mass is 10.1. The van der Waals surface area contributed by atoms with Crippen molar-refractivity contribution in [3.05, 3.63) is 50.6 Å². The number of carbonyl (C=O) groups is 1. The zero-order chi connectivity index (χ0) is 16.1. The molecule has 4 nitrogen and oxygen atoms in total. The zero-order valence-corrected chi connectivity index (χ0v) is 15.2. The van der Waals surface area contributed by atoms with Crippen molar-refractivity contribution >= 4 is 38.9 Å². The molecule has 2 heterocycles. The summed E-state index contributed by atoms with van der Waals surface area (Å²) in [4.78, 5) is 14.5. The van der Waals surface area contributed by atoms with E-state index in [1.807, 2.05) is 23.6 Å². The van der Waals surface area contributed by atoms with Crippen LogP contribution in [0.25, 0.3) is 0 Å². The fourth-order valence-electron chi connectivity index (χ4n) is 2.50. The molecule has 0 unspecified atom stereocenters. The van der Waals surface area contributed by atoms with Crippen LogP contribution in [0.2, 0.25) is 0 Å². The maximum atomic E-state index is 12.1. The minimum absolute atomic E-state index is 0.0759. The van der Waals surface area contributed by atoms with Crippen LogP contribution in [-0.4, -0.2) is 43.7 Å². The first-order valence-electron chi connectivity index (χ1n) is 7.65. The van der Waals surface area contributed by atoms with E-state index >= 15 is 0 Å². The number of hydrogen-bond donors (Lipinski definition) is 1. The molecule has 122 valence electrons. The largest absolute Gasteiger partial charge is 0.379 e. The molecular weight excluding hydrogens is 376 g/mol. The summed E-state index contributed by atoms with van der Waals surface area (Å²) < 4.78 is 6.32. The molecule has 1 N–H and O–H groups in total. The number of hydrogen-bond acceptors (Lipinski definition) is 4. The third kappa shape index (κ3) is 4.88. The van der Waals surface area contributed by atoms with Gasteiger partial charge in [-0.2, -0.15) is 0 Å². The van der Waals surface area contributed by atoms with Crippen molar-refractivity contribution in [3.63, 3.8) is 0 Å². The molecule has 6 heteroatoms. The highest BCUT2D eigenvalue weighted by atomic mass is 79.9. The number of amides is 1. The Morgan fingerprint density at radius 3 is 2.65 bits per heavy atom. The van der Waals surface area contributed by atoms with Crippen LogP contribution in [0.1, 0.15) is 15.9 Å². The molecule has 23 heavy (non-hydrogen) atoms.